The molecule has 2 aromatic rings. The van der Waals surface area contributed by atoms with Gasteiger partial charge in [-0.1, -0.05) is 50.2 Å². The van der Waals surface area contributed by atoms with Crippen LogP contribution in [0.25, 0.3) is 0 Å². The maximum atomic E-state index is 13.6. The van der Waals surface area contributed by atoms with Crippen molar-refractivity contribution in [3.8, 4) is 0 Å². The monoisotopic (exact) mass is 487 g/mol. The topological polar surface area (TPSA) is 86.8 Å². The van der Waals surface area contributed by atoms with Crippen molar-refractivity contribution in [2.24, 2.45) is 0 Å². The number of nitrogens with zero attached hydrogens (tertiary/aromatic N) is 2. The van der Waals surface area contributed by atoms with Gasteiger partial charge in [-0.15, -0.1) is 0 Å². The van der Waals surface area contributed by atoms with Gasteiger partial charge in [-0.05, 0) is 62.4 Å². The normalized spacial score (nSPS) is 13.1. The molecule has 34 heavy (non-hydrogen) atoms. The standard InChI is InChI=1S/C26H37N3O4S/c1-7-21(5)27-26(31)24(8-2)28(17-22-12-10-9-11-13-22)25(30)18-29(34(6,32)33)23-15-14-19(3)20(4)16-23/h9-16,21,24H,7-8,17-18H2,1-6H3,(H,27,31)/t21-,24-/m0/s1. The smallest absolute Gasteiger partial charge is 0.244 e. The van der Waals surface area contributed by atoms with Crippen molar-refractivity contribution < 1.29 is 18.0 Å². The van der Waals surface area contributed by atoms with Crippen molar-refractivity contribution >= 4 is 27.5 Å². The van der Waals surface area contributed by atoms with Crippen molar-refractivity contribution in [2.45, 2.75) is 66.1 Å². The van der Waals surface area contributed by atoms with Crippen LogP contribution in [0.5, 0.6) is 0 Å². The van der Waals surface area contributed by atoms with Crippen LogP contribution in [0.3, 0.4) is 0 Å². The minimum Gasteiger partial charge on any atom is -0.352 e. The van der Waals surface area contributed by atoms with E-state index in [-0.39, 0.29) is 25.0 Å². The SMILES string of the molecule is CC[C@H](C)NC(=O)[C@H](CC)N(Cc1ccccc1)C(=O)CN(c1ccc(C)c(C)c1)S(C)(=O)=O. The van der Waals surface area contributed by atoms with Crippen molar-refractivity contribution in [3.05, 3.63) is 65.2 Å². The fourth-order valence-electron chi connectivity index (χ4n) is 3.64. The van der Waals surface area contributed by atoms with E-state index in [4.69, 9.17) is 0 Å². The Morgan fingerprint density at radius 1 is 0.971 bits per heavy atom. The van der Waals surface area contributed by atoms with Gasteiger partial charge in [0, 0.05) is 12.6 Å². The van der Waals surface area contributed by atoms with Crippen LogP contribution in [0.1, 0.15) is 50.3 Å². The van der Waals surface area contributed by atoms with Crippen LogP contribution in [-0.4, -0.2) is 50.0 Å². The Balaban J connectivity index is 2.43. The highest BCUT2D eigenvalue weighted by atomic mass is 32.2. The Morgan fingerprint density at radius 2 is 1.62 bits per heavy atom. The summed E-state index contributed by atoms with van der Waals surface area (Å²) in [7, 11) is -3.74. The van der Waals surface area contributed by atoms with Gasteiger partial charge in [-0.3, -0.25) is 13.9 Å². The van der Waals surface area contributed by atoms with E-state index in [0.29, 0.717) is 12.1 Å². The molecule has 0 spiro atoms. The number of amides is 2. The molecule has 8 heteroatoms. The number of anilines is 1. The lowest BCUT2D eigenvalue weighted by atomic mass is 10.1. The number of hydrogen-bond donors (Lipinski definition) is 1. The number of nitrogens with one attached hydrogen (secondary N) is 1. The first kappa shape index (κ1) is 27.4. The van der Waals surface area contributed by atoms with E-state index in [1.165, 1.54) is 4.90 Å². The number of sulfonamides is 1. The predicted octanol–water partition coefficient (Wildman–Crippen LogP) is 3.79. The molecule has 2 rings (SSSR count). The fraction of sp³-hybridized carbons (Fsp3) is 0.462. The second kappa shape index (κ2) is 12.0. The summed E-state index contributed by atoms with van der Waals surface area (Å²) in [5.41, 5.74) is 3.25. The van der Waals surface area contributed by atoms with Gasteiger partial charge in [0.15, 0.2) is 0 Å². The molecule has 0 fully saturated rings. The lowest BCUT2D eigenvalue weighted by molar-refractivity contribution is -0.140. The molecule has 0 saturated heterocycles. The third-order valence-electron chi connectivity index (χ3n) is 6.04. The molecule has 0 aromatic heterocycles. The molecule has 7 nitrogen and oxygen atoms in total. The predicted molar refractivity (Wildman–Crippen MR) is 137 cm³/mol. The minimum absolute atomic E-state index is 0.0294. The van der Waals surface area contributed by atoms with E-state index in [0.717, 1.165) is 33.7 Å². The Hall–Kier alpha value is -2.87. The van der Waals surface area contributed by atoms with Gasteiger partial charge < -0.3 is 10.2 Å². The highest BCUT2D eigenvalue weighted by molar-refractivity contribution is 7.92. The molecule has 1 N–H and O–H groups in total. The van der Waals surface area contributed by atoms with Crippen LogP contribution >= 0.6 is 0 Å². The summed E-state index contributed by atoms with van der Waals surface area (Å²) in [4.78, 5) is 28.2. The fourth-order valence-corrected chi connectivity index (χ4v) is 4.48. The zero-order chi connectivity index (χ0) is 25.5. The van der Waals surface area contributed by atoms with Crippen LogP contribution in [0, 0.1) is 13.8 Å². The van der Waals surface area contributed by atoms with Gasteiger partial charge >= 0.3 is 0 Å². The lowest BCUT2D eigenvalue weighted by Crippen LogP contribution is -2.53. The lowest BCUT2D eigenvalue weighted by Gasteiger charge is -2.33. The first-order valence-electron chi connectivity index (χ1n) is 11.7. The number of rotatable bonds is 11. The summed E-state index contributed by atoms with van der Waals surface area (Å²) in [5.74, 6) is -0.670. The molecule has 0 aliphatic rings. The van der Waals surface area contributed by atoms with E-state index in [1.54, 1.807) is 12.1 Å². The number of hydrogen-bond acceptors (Lipinski definition) is 4. The number of carbonyl (C=O) groups excluding carboxylic acids is 2. The van der Waals surface area contributed by atoms with E-state index in [2.05, 4.69) is 5.32 Å². The number of carbonyl (C=O) groups is 2. The molecule has 0 bridgehead atoms. The van der Waals surface area contributed by atoms with Gasteiger partial charge in [-0.2, -0.15) is 0 Å². The van der Waals surface area contributed by atoms with Crippen LogP contribution < -0.4 is 9.62 Å². The highest BCUT2D eigenvalue weighted by Gasteiger charge is 2.32. The second-order valence-corrected chi connectivity index (χ2v) is 10.7. The first-order chi connectivity index (χ1) is 16.0. The van der Waals surface area contributed by atoms with Gasteiger partial charge in [0.05, 0.1) is 11.9 Å². The third-order valence-corrected chi connectivity index (χ3v) is 7.18. The third kappa shape index (κ3) is 7.32. The minimum atomic E-state index is -3.74. The number of aryl methyl sites for hydroxylation is 2. The van der Waals surface area contributed by atoms with Gasteiger partial charge in [0.1, 0.15) is 12.6 Å². The summed E-state index contributed by atoms with van der Waals surface area (Å²) in [6.45, 7) is 9.40. The molecule has 186 valence electrons. The molecule has 2 amide bonds. The van der Waals surface area contributed by atoms with E-state index in [1.807, 2.05) is 71.0 Å². The number of benzene rings is 2. The zero-order valence-corrected chi connectivity index (χ0v) is 21.9. The van der Waals surface area contributed by atoms with Crippen LogP contribution in [-0.2, 0) is 26.2 Å². The van der Waals surface area contributed by atoms with E-state index in [9.17, 15) is 18.0 Å². The molecule has 0 unspecified atom stereocenters. The maximum absolute atomic E-state index is 13.6. The van der Waals surface area contributed by atoms with Gasteiger partial charge in [0.2, 0.25) is 21.8 Å². The van der Waals surface area contributed by atoms with E-state index < -0.39 is 22.0 Å². The molecule has 0 aliphatic heterocycles. The Bertz CT molecular complexity index is 1090. The summed E-state index contributed by atoms with van der Waals surface area (Å²) >= 11 is 0. The molecule has 2 atom stereocenters. The molecule has 0 radical (unpaired) electrons. The van der Waals surface area contributed by atoms with Crippen LogP contribution in [0.15, 0.2) is 48.5 Å². The molecule has 0 saturated carbocycles. The Kier molecular flexibility index (Phi) is 9.67. The van der Waals surface area contributed by atoms with Gasteiger partial charge in [0.25, 0.3) is 0 Å². The van der Waals surface area contributed by atoms with Crippen molar-refractivity contribution in [3.63, 3.8) is 0 Å². The largest absolute Gasteiger partial charge is 0.352 e. The molecular weight excluding hydrogens is 450 g/mol. The Morgan fingerprint density at radius 3 is 2.15 bits per heavy atom. The quantitative estimate of drug-likeness (QED) is 0.522. The van der Waals surface area contributed by atoms with E-state index >= 15 is 0 Å². The average Bonchev–Trinajstić information content (AvgIpc) is 2.78. The second-order valence-electron chi connectivity index (χ2n) is 8.79. The Labute approximate surface area is 204 Å². The summed E-state index contributed by atoms with van der Waals surface area (Å²) < 4.78 is 26.5. The van der Waals surface area contributed by atoms with Gasteiger partial charge in [-0.25, -0.2) is 8.42 Å². The molecular formula is C26H37N3O4S. The molecule has 0 aliphatic carbocycles. The van der Waals surface area contributed by atoms with Crippen molar-refractivity contribution in [1.29, 1.82) is 0 Å². The average molecular weight is 488 g/mol. The first-order valence-corrected chi connectivity index (χ1v) is 13.5. The molecule has 2 aromatic carbocycles. The summed E-state index contributed by atoms with van der Waals surface area (Å²) in [6, 6.07) is 13.9. The van der Waals surface area contributed by atoms with Crippen LogP contribution in [0.2, 0.25) is 0 Å². The zero-order valence-electron chi connectivity index (χ0n) is 21.0. The summed E-state index contributed by atoms with van der Waals surface area (Å²) in [6.07, 6.45) is 2.26. The van der Waals surface area contributed by atoms with Crippen molar-refractivity contribution in [2.75, 3.05) is 17.1 Å². The summed E-state index contributed by atoms with van der Waals surface area (Å²) in [5, 5.41) is 2.97. The molecule has 0 heterocycles. The van der Waals surface area contributed by atoms with Crippen LogP contribution in [0.4, 0.5) is 5.69 Å². The highest BCUT2D eigenvalue weighted by Crippen LogP contribution is 2.22. The maximum Gasteiger partial charge on any atom is 0.244 e. The van der Waals surface area contributed by atoms with Crippen molar-refractivity contribution in [1.82, 2.24) is 10.2 Å².